The smallest absolute Gasteiger partial charge is 0.176 e. The van der Waals surface area contributed by atoms with Gasteiger partial charge in [-0.05, 0) is 29.9 Å². The van der Waals surface area contributed by atoms with Gasteiger partial charge < -0.3 is 9.47 Å². The summed E-state index contributed by atoms with van der Waals surface area (Å²) >= 11 is 1.54. The molecular weight excluding hydrogens is 260 g/mol. The van der Waals surface area contributed by atoms with Crippen molar-refractivity contribution in [1.29, 1.82) is 0 Å². The van der Waals surface area contributed by atoms with E-state index in [0.29, 0.717) is 17.4 Å². The third-order valence-electron chi connectivity index (χ3n) is 3.71. The Morgan fingerprint density at radius 2 is 1.84 bits per heavy atom. The largest absolute Gasteiger partial charge is 0.493 e. The van der Waals surface area contributed by atoms with Crippen LogP contribution in [-0.2, 0) is 0 Å². The number of rotatable bonds is 4. The number of hydrogen-bond acceptors (Lipinski definition) is 4. The number of thiophene rings is 1. The monoisotopic (exact) mass is 276 g/mol. The molecule has 1 saturated carbocycles. The van der Waals surface area contributed by atoms with E-state index in [1.807, 2.05) is 18.2 Å². The molecule has 1 aromatic carbocycles. The van der Waals surface area contributed by atoms with Crippen LogP contribution in [0.5, 0.6) is 11.5 Å². The van der Waals surface area contributed by atoms with Gasteiger partial charge in [-0.3, -0.25) is 4.79 Å². The average molecular weight is 276 g/mol. The van der Waals surface area contributed by atoms with Crippen molar-refractivity contribution in [3.63, 3.8) is 0 Å². The van der Waals surface area contributed by atoms with E-state index in [-0.39, 0.29) is 11.7 Å². The molecule has 0 amide bonds. The normalized spacial score (nSPS) is 21.4. The summed E-state index contributed by atoms with van der Waals surface area (Å²) in [5.41, 5.74) is 0. The van der Waals surface area contributed by atoms with Crippen LogP contribution in [0.3, 0.4) is 0 Å². The highest BCUT2D eigenvalue weighted by atomic mass is 32.1. The zero-order valence-electron chi connectivity index (χ0n) is 11.2. The number of hydrogen-bond donors (Lipinski definition) is 0. The molecule has 3 rings (SSSR count). The number of carbonyl (C=O) groups is 1. The summed E-state index contributed by atoms with van der Waals surface area (Å²) in [6.07, 6.45) is 1.03. The molecule has 1 fully saturated rings. The van der Waals surface area contributed by atoms with Gasteiger partial charge in [-0.2, -0.15) is 0 Å². The lowest BCUT2D eigenvalue weighted by Gasteiger charge is -2.06. The first-order valence-corrected chi connectivity index (χ1v) is 7.15. The number of fused-ring (bicyclic) bond motifs is 1. The lowest BCUT2D eigenvalue weighted by atomic mass is 10.1. The fraction of sp³-hybridized carbons (Fsp3) is 0.400. The molecule has 2 unspecified atom stereocenters. The molecule has 0 N–H and O–H groups in total. The third kappa shape index (κ3) is 2.10. The Balaban J connectivity index is 2.03. The second-order valence-corrected chi connectivity index (χ2v) is 6.12. The SMILES string of the molecule is COc1cc2cc(C(=O)C3CC3C)sc2cc1OC. The van der Waals surface area contributed by atoms with Crippen molar-refractivity contribution in [2.24, 2.45) is 11.8 Å². The quantitative estimate of drug-likeness (QED) is 0.798. The Hall–Kier alpha value is -1.55. The molecule has 0 spiro atoms. The minimum Gasteiger partial charge on any atom is -0.493 e. The van der Waals surface area contributed by atoms with E-state index in [4.69, 9.17) is 9.47 Å². The molecule has 1 heterocycles. The number of ether oxygens (including phenoxy) is 2. The number of carbonyl (C=O) groups excluding carboxylic acids is 1. The van der Waals surface area contributed by atoms with Crippen LogP contribution < -0.4 is 9.47 Å². The molecule has 100 valence electrons. The van der Waals surface area contributed by atoms with E-state index in [1.54, 1.807) is 14.2 Å². The Morgan fingerprint density at radius 1 is 1.21 bits per heavy atom. The van der Waals surface area contributed by atoms with Crippen LogP contribution in [0.15, 0.2) is 18.2 Å². The maximum atomic E-state index is 12.2. The number of methoxy groups -OCH3 is 2. The first-order chi connectivity index (χ1) is 9.13. The fourth-order valence-electron chi connectivity index (χ4n) is 2.36. The lowest BCUT2D eigenvalue weighted by Crippen LogP contribution is -1.99. The van der Waals surface area contributed by atoms with Crippen LogP contribution in [0, 0.1) is 11.8 Å². The van der Waals surface area contributed by atoms with Gasteiger partial charge in [-0.1, -0.05) is 6.92 Å². The van der Waals surface area contributed by atoms with Crippen molar-refractivity contribution in [2.45, 2.75) is 13.3 Å². The van der Waals surface area contributed by atoms with E-state index in [0.717, 1.165) is 21.4 Å². The lowest BCUT2D eigenvalue weighted by molar-refractivity contribution is 0.0966. The summed E-state index contributed by atoms with van der Waals surface area (Å²) in [7, 11) is 3.24. The molecule has 0 saturated heterocycles. The van der Waals surface area contributed by atoms with Crippen molar-refractivity contribution >= 4 is 27.2 Å². The van der Waals surface area contributed by atoms with Gasteiger partial charge in [0.05, 0.1) is 19.1 Å². The summed E-state index contributed by atoms with van der Waals surface area (Å²) in [6, 6.07) is 5.83. The van der Waals surface area contributed by atoms with Crippen molar-refractivity contribution < 1.29 is 14.3 Å². The predicted molar refractivity (Wildman–Crippen MR) is 76.5 cm³/mol. The molecule has 2 aromatic rings. The molecule has 4 heteroatoms. The minimum atomic E-state index is 0.233. The van der Waals surface area contributed by atoms with Crippen molar-refractivity contribution in [1.82, 2.24) is 0 Å². The second-order valence-electron chi connectivity index (χ2n) is 5.04. The molecule has 0 bridgehead atoms. The van der Waals surface area contributed by atoms with E-state index in [9.17, 15) is 4.79 Å². The van der Waals surface area contributed by atoms with Gasteiger partial charge in [0.25, 0.3) is 0 Å². The van der Waals surface area contributed by atoms with Crippen LogP contribution in [0.4, 0.5) is 0 Å². The van der Waals surface area contributed by atoms with Crippen molar-refractivity contribution in [2.75, 3.05) is 14.2 Å². The Labute approximate surface area is 116 Å². The van der Waals surface area contributed by atoms with E-state index in [2.05, 4.69) is 6.92 Å². The van der Waals surface area contributed by atoms with Gasteiger partial charge in [0, 0.05) is 16.7 Å². The van der Waals surface area contributed by atoms with Crippen molar-refractivity contribution in [3.8, 4) is 11.5 Å². The highest BCUT2D eigenvalue weighted by molar-refractivity contribution is 7.20. The molecule has 0 aliphatic heterocycles. The maximum Gasteiger partial charge on any atom is 0.176 e. The molecule has 1 aliphatic rings. The van der Waals surface area contributed by atoms with Crippen molar-refractivity contribution in [3.05, 3.63) is 23.1 Å². The maximum absolute atomic E-state index is 12.2. The van der Waals surface area contributed by atoms with Gasteiger partial charge in [0.2, 0.25) is 0 Å². The molecule has 2 atom stereocenters. The summed E-state index contributed by atoms with van der Waals surface area (Å²) < 4.78 is 11.6. The molecular formula is C15H16O3S. The fourth-order valence-corrected chi connectivity index (χ4v) is 3.43. The zero-order chi connectivity index (χ0) is 13.6. The summed E-state index contributed by atoms with van der Waals surface area (Å²) in [5, 5.41) is 1.04. The summed E-state index contributed by atoms with van der Waals surface area (Å²) in [6.45, 7) is 2.13. The van der Waals surface area contributed by atoms with Crippen LogP contribution in [0.1, 0.15) is 23.0 Å². The van der Waals surface area contributed by atoms with Gasteiger partial charge in [-0.25, -0.2) is 0 Å². The second kappa shape index (κ2) is 4.53. The molecule has 0 radical (unpaired) electrons. The third-order valence-corrected chi connectivity index (χ3v) is 4.82. The summed E-state index contributed by atoms with van der Waals surface area (Å²) in [5.74, 6) is 2.47. The zero-order valence-corrected chi connectivity index (χ0v) is 12.0. The standard InChI is InChI=1S/C15H16O3S/c1-8-4-10(8)15(16)14-6-9-5-11(17-2)12(18-3)7-13(9)19-14/h5-8,10H,4H2,1-3H3. The van der Waals surface area contributed by atoms with Crippen LogP contribution >= 0.6 is 11.3 Å². The number of ketones is 1. The minimum absolute atomic E-state index is 0.233. The van der Waals surface area contributed by atoms with E-state index < -0.39 is 0 Å². The highest BCUT2D eigenvalue weighted by Gasteiger charge is 2.39. The van der Waals surface area contributed by atoms with Crippen LogP contribution in [0.2, 0.25) is 0 Å². The van der Waals surface area contributed by atoms with Crippen LogP contribution in [0.25, 0.3) is 10.1 Å². The van der Waals surface area contributed by atoms with Gasteiger partial charge in [0.1, 0.15) is 0 Å². The molecule has 1 aliphatic carbocycles. The Kier molecular flexibility index (Phi) is 2.97. The first-order valence-electron chi connectivity index (χ1n) is 6.34. The van der Waals surface area contributed by atoms with Crippen LogP contribution in [-0.4, -0.2) is 20.0 Å². The number of benzene rings is 1. The topological polar surface area (TPSA) is 35.5 Å². The Bertz CT molecular complexity index is 603. The molecule has 3 nitrogen and oxygen atoms in total. The highest BCUT2D eigenvalue weighted by Crippen LogP contribution is 2.43. The van der Waals surface area contributed by atoms with Gasteiger partial charge in [0.15, 0.2) is 17.3 Å². The Morgan fingerprint density at radius 3 is 2.42 bits per heavy atom. The average Bonchev–Trinajstić information content (AvgIpc) is 3.01. The van der Waals surface area contributed by atoms with E-state index >= 15 is 0 Å². The van der Waals surface area contributed by atoms with Gasteiger partial charge >= 0.3 is 0 Å². The predicted octanol–water partition coefficient (Wildman–Crippen LogP) is 3.76. The number of Topliss-reactive ketones (excluding diaryl/α,β-unsaturated/α-hetero) is 1. The summed E-state index contributed by atoms with van der Waals surface area (Å²) in [4.78, 5) is 13.1. The van der Waals surface area contributed by atoms with E-state index in [1.165, 1.54) is 11.3 Å². The molecule has 19 heavy (non-hydrogen) atoms. The van der Waals surface area contributed by atoms with Gasteiger partial charge in [-0.15, -0.1) is 11.3 Å². The molecule has 1 aromatic heterocycles. The first kappa shape index (κ1) is 12.5.